The highest BCUT2D eigenvalue weighted by Crippen LogP contribution is 2.34. The van der Waals surface area contributed by atoms with Crippen molar-refractivity contribution < 1.29 is 9.53 Å². The Kier molecular flexibility index (Phi) is 5.97. The van der Waals surface area contributed by atoms with Crippen LogP contribution in [0, 0.1) is 17.2 Å². The molecule has 1 aliphatic heterocycles. The number of hydrogen-bond donors (Lipinski definition) is 1. The van der Waals surface area contributed by atoms with Crippen molar-refractivity contribution in [3.63, 3.8) is 0 Å². The first-order chi connectivity index (χ1) is 13.1. The summed E-state index contributed by atoms with van der Waals surface area (Å²) in [5.41, 5.74) is 2.54. The summed E-state index contributed by atoms with van der Waals surface area (Å²) in [4.78, 5) is 15.0. The average molecular weight is 363 g/mol. The molecule has 0 aromatic heterocycles. The maximum Gasteiger partial charge on any atom is 0.257 e. The van der Waals surface area contributed by atoms with Crippen LogP contribution < -0.4 is 10.1 Å². The molecule has 2 aromatic carbocycles. The van der Waals surface area contributed by atoms with Crippen molar-refractivity contribution in [3.05, 3.63) is 59.7 Å². The summed E-state index contributed by atoms with van der Waals surface area (Å²) >= 11 is 0. The van der Waals surface area contributed by atoms with E-state index >= 15 is 0 Å². The number of benzene rings is 2. The van der Waals surface area contributed by atoms with E-state index in [-0.39, 0.29) is 12.1 Å². The number of unbranched alkanes of at least 4 members (excludes halogenated alkanes) is 1. The Morgan fingerprint density at radius 3 is 2.81 bits per heavy atom. The third-order valence-electron chi connectivity index (χ3n) is 4.46. The minimum atomic E-state index is -0.238. The van der Waals surface area contributed by atoms with E-state index in [2.05, 4.69) is 25.2 Å². The number of para-hydroxylation sites is 1. The Balaban J connectivity index is 1.87. The van der Waals surface area contributed by atoms with Crippen molar-refractivity contribution >= 4 is 11.6 Å². The number of rotatable bonds is 7. The molecule has 1 aliphatic rings. The normalized spacial score (nSPS) is 15.9. The van der Waals surface area contributed by atoms with Gasteiger partial charge in [-0.3, -0.25) is 4.79 Å². The lowest BCUT2D eigenvalue weighted by molar-refractivity contribution is 0.0657. The van der Waals surface area contributed by atoms with Crippen molar-refractivity contribution in [2.45, 2.75) is 32.9 Å². The van der Waals surface area contributed by atoms with E-state index in [0.717, 1.165) is 17.0 Å². The van der Waals surface area contributed by atoms with Gasteiger partial charge < -0.3 is 15.0 Å². The largest absolute Gasteiger partial charge is 0.494 e. The topological polar surface area (TPSA) is 65.4 Å². The number of carbonyl (C=O) groups excluding carboxylic acids is 1. The van der Waals surface area contributed by atoms with Gasteiger partial charge in [0, 0.05) is 18.7 Å². The fourth-order valence-electron chi connectivity index (χ4n) is 3.25. The zero-order chi connectivity index (χ0) is 19.2. The highest BCUT2D eigenvalue weighted by molar-refractivity contribution is 6.01. The van der Waals surface area contributed by atoms with Crippen LogP contribution in [0.1, 0.15) is 48.8 Å². The first-order valence-corrected chi connectivity index (χ1v) is 9.36. The van der Waals surface area contributed by atoms with Gasteiger partial charge in [-0.2, -0.15) is 5.26 Å². The predicted octanol–water partition coefficient (Wildman–Crippen LogP) is 4.59. The first kappa shape index (κ1) is 18.8. The lowest BCUT2D eigenvalue weighted by Crippen LogP contribution is -2.44. The van der Waals surface area contributed by atoms with Crippen LogP contribution in [0.25, 0.3) is 0 Å². The number of nitriles is 1. The lowest BCUT2D eigenvalue weighted by atomic mass is 10.0. The molecule has 0 bridgehead atoms. The summed E-state index contributed by atoms with van der Waals surface area (Å²) in [7, 11) is 0. The molecule has 5 nitrogen and oxygen atoms in total. The Labute approximate surface area is 160 Å². The van der Waals surface area contributed by atoms with Gasteiger partial charge in [0.1, 0.15) is 11.9 Å². The van der Waals surface area contributed by atoms with Gasteiger partial charge in [0.2, 0.25) is 0 Å². The van der Waals surface area contributed by atoms with Crippen molar-refractivity contribution in [1.29, 1.82) is 5.26 Å². The zero-order valence-electron chi connectivity index (χ0n) is 15.8. The average Bonchev–Trinajstić information content (AvgIpc) is 2.67. The molecule has 0 saturated carbocycles. The second kappa shape index (κ2) is 8.59. The molecule has 3 rings (SSSR count). The van der Waals surface area contributed by atoms with E-state index in [0.29, 0.717) is 37.5 Å². The molecule has 140 valence electrons. The molecule has 0 radical (unpaired) electrons. The predicted molar refractivity (Wildman–Crippen MR) is 105 cm³/mol. The summed E-state index contributed by atoms with van der Waals surface area (Å²) < 4.78 is 5.77. The zero-order valence-corrected chi connectivity index (χ0v) is 15.8. The van der Waals surface area contributed by atoms with Gasteiger partial charge in [-0.15, -0.1) is 0 Å². The highest BCUT2D eigenvalue weighted by atomic mass is 16.5. The summed E-state index contributed by atoms with van der Waals surface area (Å²) in [6, 6.07) is 17.6. The fourth-order valence-corrected chi connectivity index (χ4v) is 3.25. The molecule has 1 atom stereocenters. The SMILES string of the molecule is CC(C)CN1C(=O)c2ccccc2NC1c1cccc(OCCCC#N)c1. The van der Waals surface area contributed by atoms with Gasteiger partial charge in [-0.05, 0) is 42.2 Å². The van der Waals surface area contributed by atoms with Gasteiger partial charge in [0.25, 0.3) is 5.91 Å². The number of ether oxygens (including phenoxy) is 1. The molecular weight excluding hydrogens is 338 g/mol. The molecular formula is C22H25N3O2. The van der Waals surface area contributed by atoms with Crippen molar-refractivity contribution in [3.8, 4) is 11.8 Å². The number of fused-ring (bicyclic) bond motifs is 1. The second-order valence-electron chi connectivity index (χ2n) is 7.13. The monoisotopic (exact) mass is 363 g/mol. The van der Waals surface area contributed by atoms with Crippen LogP contribution in [0.2, 0.25) is 0 Å². The Morgan fingerprint density at radius 2 is 2.04 bits per heavy atom. The number of amides is 1. The highest BCUT2D eigenvalue weighted by Gasteiger charge is 2.33. The molecule has 0 fully saturated rings. The van der Waals surface area contributed by atoms with Crippen molar-refractivity contribution in [1.82, 2.24) is 4.90 Å². The molecule has 1 N–H and O–H groups in total. The third kappa shape index (κ3) is 4.40. The van der Waals surface area contributed by atoms with Crippen molar-refractivity contribution in [2.75, 3.05) is 18.5 Å². The summed E-state index contributed by atoms with van der Waals surface area (Å²) in [6.45, 7) is 5.39. The van der Waals surface area contributed by atoms with E-state index in [9.17, 15) is 4.79 Å². The summed E-state index contributed by atoms with van der Waals surface area (Å²) in [6.07, 6.45) is 0.947. The molecule has 1 amide bonds. The standard InChI is InChI=1S/C22H25N3O2/c1-16(2)15-25-21(24-20-11-4-3-10-19(20)22(25)26)17-8-7-9-18(14-17)27-13-6-5-12-23/h3-4,7-11,14,16,21,24H,5-6,13,15H2,1-2H3. The number of hydrogen-bond acceptors (Lipinski definition) is 4. The molecule has 0 spiro atoms. The summed E-state index contributed by atoms with van der Waals surface area (Å²) in [5, 5.41) is 12.1. The minimum absolute atomic E-state index is 0.0448. The van der Waals surface area contributed by atoms with Crippen LogP contribution in [-0.2, 0) is 0 Å². The van der Waals surface area contributed by atoms with Crippen LogP contribution in [0.5, 0.6) is 5.75 Å². The molecule has 2 aromatic rings. The van der Waals surface area contributed by atoms with Crippen LogP contribution in [-0.4, -0.2) is 24.0 Å². The van der Waals surface area contributed by atoms with E-state index in [1.807, 2.05) is 53.4 Å². The second-order valence-corrected chi connectivity index (χ2v) is 7.13. The van der Waals surface area contributed by atoms with Gasteiger partial charge in [-0.25, -0.2) is 0 Å². The molecule has 1 unspecified atom stereocenters. The maximum absolute atomic E-state index is 13.1. The van der Waals surface area contributed by atoms with E-state index < -0.39 is 0 Å². The number of anilines is 1. The molecule has 1 heterocycles. The van der Waals surface area contributed by atoms with Crippen LogP contribution in [0.4, 0.5) is 5.69 Å². The minimum Gasteiger partial charge on any atom is -0.494 e. The van der Waals surface area contributed by atoms with Gasteiger partial charge in [0.05, 0.1) is 18.2 Å². The number of carbonyl (C=O) groups is 1. The Hall–Kier alpha value is -3.00. The van der Waals surface area contributed by atoms with Crippen LogP contribution in [0.3, 0.4) is 0 Å². The van der Waals surface area contributed by atoms with Gasteiger partial charge >= 0.3 is 0 Å². The maximum atomic E-state index is 13.1. The summed E-state index contributed by atoms with van der Waals surface area (Å²) in [5.74, 6) is 1.15. The van der Waals surface area contributed by atoms with Crippen LogP contribution in [0.15, 0.2) is 48.5 Å². The third-order valence-corrected chi connectivity index (χ3v) is 4.46. The Morgan fingerprint density at radius 1 is 1.22 bits per heavy atom. The van der Waals surface area contributed by atoms with Gasteiger partial charge in [0.15, 0.2) is 0 Å². The van der Waals surface area contributed by atoms with E-state index in [1.54, 1.807) is 0 Å². The van der Waals surface area contributed by atoms with E-state index in [4.69, 9.17) is 10.00 Å². The Bertz CT molecular complexity index is 841. The quantitative estimate of drug-likeness (QED) is 0.731. The van der Waals surface area contributed by atoms with Gasteiger partial charge in [-0.1, -0.05) is 38.1 Å². The fraction of sp³-hybridized carbons (Fsp3) is 0.364. The molecule has 5 heteroatoms. The van der Waals surface area contributed by atoms with E-state index in [1.165, 1.54) is 0 Å². The molecule has 27 heavy (non-hydrogen) atoms. The number of nitrogens with zero attached hydrogens (tertiary/aromatic N) is 2. The first-order valence-electron chi connectivity index (χ1n) is 9.36. The smallest absolute Gasteiger partial charge is 0.257 e. The van der Waals surface area contributed by atoms with Crippen molar-refractivity contribution in [2.24, 2.45) is 5.92 Å². The molecule has 0 saturated heterocycles. The van der Waals surface area contributed by atoms with Crippen LogP contribution >= 0.6 is 0 Å². The molecule has 0 aliphatic carbocycles. The number of nitrogens with one attached hydrogen (secondary N) is 1. The lowest BCUT2D eigenvalue weighted by Gasteiger charge is -2.39.